The van der Waals surface area contributed by atoms with Crippen molar-refractivity contribution in [3.05, 3.63) is 83.7 Å². The molecule has 0 aliphatic carbocycles. The van der Waals surface area contributed by atoms with Gasteiger partial charge in [0.05, 0.1) is 5.71 Å². The molecule has 1 saturated heterocycles. The third kappa shape index (κ3) is 6.45. The molecule has 1 aliphatic rings. The number of amides is 2. The molecule has 2 aromatic rings. The Morgan fingerprint density at radius 2 is 1.79 bits per heavy atom. The first-order valence-electron chi connectivity index (χ1n) is 10.4. The quantitative estimate of drug-likeness (QED) is 0.233. The number of hydrogen-bond acceptors (Lipinski definition) is 6. The number of para-hydroxylation sites is 1. The van der Waals surface area contributed by atoms with Gasteiger partial charge >= 0.3 is 0 Å². The Bertz CT molecular complexity index is 1070. The summed E-state index contributed by atoms with van der Waals surface area (Å²) in [6, 6.07) is 15.9. The second-order valence-corrected chi connectivity index (χ2v) is 8.09. The number of nitrogens with one attached hydrogen (secondary N) is 2. The van der Waals surface area contributed by atoms with Gasteiger partial charge in [-0.1, -0.05) is 40.2 Å². The molecular formula is C24H26BrN5O3. The zero-order chi connectivity index (χ0) is 23.8. The van der Waals surface area contributed by atoms with E-state index in [2.05, 4.69) is 21.2 Å². The Morgan fingerprint density at radius 3 is 2.42 bits per heavy atom. The number of rotatable bonds is 9. The first-order chi connectivity index (χ1) is 15.9. The summed E-state index contributed by atoms with van der Waals surface area (Å²) in [5.41, 5.74) is 12.0. The normalized spacial score (nSPS) is 16.4. The highest BCUT2D eigenvalue weighted by Crippen LogP contribution is 2.22. The molecule has 0 radical (unpaired) electrons. The fourth-order valence-corrected chi connectivity index (χ4v) is 3.66. The number of carbonyl (C=O) groups excluding carboxylic acids is 2. The van der Waals surface area contributed by atoms with Gasteiger partial charge < -0.3 is 26.4 Å². The van der Waals surface area contributed by atoms with Crippen LogP contribution in [-0.4, -0.2) is 46.9 Å². The van der Waals surface area contributed by atoms with Gasteiger partial charge in [0.1, 0.15) is 22.9 Å². The lowest BCUT2D eigenvalue weighted by Gasteiger charge is -2.18. The molecule has 33 heavy (non-hydrogen) atoms. The van der Waals surface area contributed by atoms with Crippen molar-refractivity contribution in [3.8, 4) is 11.5 Å². The largest absolute Gasteiger partial charge is 0.457 e. The topological polar surface area (TPSA) is 135 Å². The van der Waals surface area contributed by atoms with E-state index < -0.39 is 5.91 Å². The van der Waals surface area contributed by atoms with Crippen LogP contribution in [0.3, 0.4) is 0 Å². The van der Waals surface area contributed by atoms with Crippen molar-refractivity contribution < 1.29 is 14.3 Å². The summed E-state index contributed by atoms with van der Waals surface area (Å²) in [6.45, 7) is 1.01. The minimum Gasteiger partial charge on any atom is -0.457 e. The smallest absolute Gasteiger partial charge is 0.254 e. The van der Waals surface area contributed by atoms with Gasteiger partial charge in [0.25, 0.3) is 5.91 Å². The molecule has 172 valence electrons. The molecule has 0 saturated carbocycles. The average molecular weight is 512 g/mol. The highest BCUT2D eigenvalue weighted by atomic mass is 79.9. The maximum atomic E-state index is 12.1. The molecule has 9 heteroatoms. The first-order valence-corrected chi connectivity index (χ1v) is 11.5. The summed E-state index contributed by atoms with van der Waals surface area (Å²) < 4.78 is 5.76. The lowest BCUT2D eigenvalue weighted by Crippen LogP contribution is -2.39. The Morgan fingerprint density at radius 1 is 1.12 bits per heavy atom. The minimum atomic E-state index is -0.805. The van der Waals surface area contributed by atoms with Crippen molar-refractivity contribution in [3.63, 3.8) is 0 Å². The molecule has 2 amide bonds. The Hall–Kier alpha value is -3.59. The van der Waals surface area contributed by atoms with E-state index in [9.17, 15) is 9.59 Å². The van der Waals surface area contributed by atoms with E-state index >= 15 is 0 Å². The molecule has 1 aliphatic heterocycles. The number of primary amides is 1. The standard InChI is InChI=1S/C24H26BrN5O3/c25-13-4-7-20(31)30-14-12-17(15-30)29-23(27)21(24(28)32)22(26)16-8-10-19(11-9-16)33-18-5-2-1-3-6-18/h1-11,17,26,29H,12-15,27H2,(H2,28,32)/b7-4+,23-21+,26-22?. The van der Waals surface area contributed by atoms with E-state index in [1.54, 1.807) is 35.2 Å². The van der Waals surface area contributed by atoms with Gasteiger partial charge in [-0.05, 0) is 48.9 Å². The molecule has 2 aromatic carbocycles. The highest BCUT2D eigenvalue weighted by Gasteiger charge is 2.27. The van der Waals surface area contributed by atoms with Crippen LogP contribution in [-0.2, 0) is 9.59 Å². The molecule has 8 nitrogen and oxygen atoms in total. The number of ether oxygens (including phenoxy) is 1. The van der Waals surface area contributed by atoms with Crippen LogP contribution in [0.1, 0.15) is 12.0 Å². The van der Waals surface area contributed by atoms with E-state index in [0.717, 1.165) is 0 Å². The monoisotopic (exact) mass is 511 g/mol. The maximum absolute atomic E-state index is 12.1. The number of allylic oxidation sites excluding steroid dienone is 1. The van der Waals surface area contributed by atoms with Gasteiger partial charge in [0.15, 0.2) is 0 Å². The van der Waals surface area contributed by atoms with Crippen molar-refractivity contribution in [2.45, 2.75) is 12.5 Å². The summed E-state index contributed by atoms with van der Waals surface area (Å²) in [6.07, 6.45) is 3.92. The predicted molar refractivity (Wildman–Crippen MR) is 131 cm³/mol. The van der Waals surface area contributed by atoms with Gasteiger partial charge in [-0.15, -0.1) is 0 Å². The zero-order valence-electron chi connectivity index (χ0n) is 18.0. The average Bonchev–Trinajstić information content (AvgIpc) is 3.27. The van der Waals surface area contributed by atoms with Crippen molar-refractivity contribution in [2.24, 2.45) is 11.5 Å². The Kier molecular flexibility index (Phi) is 8.26. The van der Waals surface area contributed by atoms with Crippen LogP contribution in [0, 0.1) is 5.41 Å². The van der Waals surface area contributed by atoms with Crippen LogP contribution >= 0.6 is 15.9 Å². The Labute approximate surface area is 200 Å². The summed E-state index contributed by atoms with van der Waals surface area (Å²) in [4.78, 5) is 26.0. The molecule has 1 heterocycles. The molecule has 0 spiro atoms. The zero-order valence-corrected chi connectivity index (χ0v) is 19.5. The fourth-order valence-electron chi connectivity index (χ4n) is 3.47. The van der Waals surface area contributed by atoms with Gasteiger partial charge in [-0.3, -0.25) is 15.0 Å². The number of nitrogens with zero attached hydrogens (tertiary/aromatic N) is 1. The molecule has 1 unspecified atom stereocenters. The van der Waals surface area contributed by atoms with Gasteiger partial charge in [-0.25, -0.2) is 0 Å². The lowest BCUT2D eigenvalue weighted by molar-refractivity contribution is -0.125. The molecule has 1 fully saturated rings. The van der Waals surface area contributed by atoms with Crippen LogP contribution in [0.5, 0.6) is 11.5 Å². The molecule has 1 atom stereocenters. The van der Waals surface area contributed by atoms with E-state index in [0.29, 0.717) is 41.9 Å². The van der Waals surface area contributed by atoms with E-state index in [-0.39, 0.29) is 29.1 Å². The number of nitrogens with two attached hydrogens (primary N) is 2. The number of alkyl halides is 1. The number of halogens is 1. The van der Waals surface area contributed by atoms with Gasteiger partial charge in [-0.2, -0.15) is 0 Å². The molecule has 3 rings (SSSR count). The second kappa shape index (κ2) is 11.3. The third-order valence-electron chi connectivity index (χ3n) is 5.10. The third-order valence-corrected chi connectivity index (χ3v) is 5.47. The van der Waals surface area contributed by atoms with Crippen LogP contribution < -0.4 is 21.5 Å². The van der Waals surface area contributed by atoms with Crippen molar-refractivity contribution in [1.82, 2.24) is 10.2 Å². The Balaban J connectivity index is 1.69. The summed E-state index contributed by atoms with van der Waals surface area (Å²) in [5, 5.41) is 12.2. The molecular weight excluding hydrogens is 486 g/mol. The van der Waals surface area contributed by atoms with Gasteiger partial charge in [0.2, 0.25) is 5.91 Å². The first kappa shape index (κ1) is 24.1. The predicted octanol–water partition coefficient (Wildman–Crippen LogP) is 2.64. The van der Waals surface area contributed by atoms with Crippen molar-refractivity contribution >= 4 is 33.5 Å². The van der Waals surface area contributed by atoms with E-state index in [1.165, 1.54) is 6.08 Å². The van der Waals surface area contributed by atoms with Crippen LogP contribution in [0.2, 0.25) is 0 Å². The van der Waals surface area contributed by atoms with Crippen LogP contribution in [0.4, 0.5) is 0 Å². The van der Waals surface area contributed by atoms with Crippen molar-refractivity contribution in [2.75, 3.05) is 18.4 Å². The van der Waals surface area contributed by atoms with E-state index in [4.69, 9.17) is 21.6 Å². The van der Waals surface area contributed by atoms with Crippen LogP contribution in [0.15, 0.2) is 78.1 Å². The second-order valence-electron chi connectivity index (χ2n) is 7.44. The minimum absolute atomic E-state index is 0.0208. The highest BCUT2D eigenvalue weighted by molar-refractivity contribution is 9.09. The molecule has 0 aromatic heterocycles. The number of carbonyl (C=O) groups is 2. The fraction of sp³-hybridized carbons (Fsp3) is 0.208. The SMILES string of the molecule is N=C(/C(C(N)=O)=C(/N)NC1CCN(C(=O)/C=C/CBr)C1)c1ccc(Oc2ccccc2)cc1. The maximum Gasteiger partial charge on any atom is 0.254 e. The van der Waals surface area contributed by atoms with Crippen molar-refractivity contribution in [1.29, 1.82) is 5.41 Å². The molecule has 6 N–H and O–H groups in total. The van der Waals surface area contributed by atoms with Gasteiger partial charge in [0, 0.05) is 30.0 Å². The number of likely N-dealkylation sites (tertiary alicyclic amines) is 1. The van der Waals surface area contributed by atoms with Crippen LogP contribution in [0.25, 0.3) is 0 Å². The number of hydrogen-bond donors (Lipinski definition) is 4. The summed E-state index contributed by atoms with van der Waals surface area (Å²) >= 11 is 3.25. The number of benzene rings is 2. The van der Waals surface area contributed by atoms with E-state index in [1.807, 2.05) is 30.3 Å². The lowest BCUT2D eigenvalue weighted by atomic mass is 10.0. The summed E-state index contributed by atoms with van der Waals surface area (Å²) in [7, 11) is 0. The molecule has 0 bridgehead atoms. The summed E-state index contributed by atoms with van der Waals surface area (Å²) in [5.74, 6) is 0.423.